The highest BCUT2D eigenvalue weighted by Gasteiger charge is 2.32. The molecule has 5 rings (SSSR count). The summed E-state index contributed by atoms with van der Waals surface area (Å²) >= 11 is 1.44. The van der Waals surface area contributed by atoms with Crippen LogP contribution in [0.1, 0.15) is 20.8 Å². The van der Waals surface area contributed by atoms with Gasteiger partial charge in [-0.05, 0) is 36.1 Å². The molecule has 0 aliphatic carbocycles. The van der Waals surface area contributed by atoms with Crippen LogP contribution < -0.4 is 10.5 Å². The molecule has 0 atom stereocenters. The van der Waals surface area contributed by atoms with Gasteiger partial charge in [0.2, 0.25) is 0 Å². The Kier molecular flexibility index (Phi) is 6.21. The van der Waals surface area contributed by atoms with Crippen molar-refractivity contribution in [3.8, 4) is 0 Å². The van der Waals surface area contributed by atoms with Crippen LogP contribution in [0.25, 0.3) is 10.9 Å². The Morgan fingerprint density at radius 1 is 1.00 bits per heavy atom. The van der Waals surface area contributed by atoms with E-state index in [0.717, 1.165) is 26.9 Å². The zero-order valence-corrected chi connectivity index (χ0v) is 20.6. The van der Waals surface area contributed by atoms with Crippen molar-refractivity contribution in [1.82, 2.24) is 9.47 Å². The van der Waals surface area contributed by atoms with E-state index in [2.05, 4.69) is 4.90 Å². The molecule has 1 aliphatic rings. The second-order valence-electron chi connectivity index (χ2n) is 8.85. The van der Waals surface area contributed by atoms with Gasteiger partial charge in [-0.2, -0.15) is 0 Å². The summed E-state index contributed by atoms with van der Waals surface area (Å²) in [4.78, 5) is 44.0. The summed E-state index contributed by atoms with van der Waals surface area (Å²) in [5.74, 6) is 0.0276. The Morgan fingerprint density at radius 3 is 2.40 bits per heavy atom. The number of rotatable bonds is 5. The van der Waals surface area contributed by atoms with Gasteiger partial charge in [-0.3, -0.25) is 14.2 Å². The van der Waals surface area contributed by atoms with Crippen LogP contribution in [0.3, 0.4) is 0 Å². The highest BCUT2D eigenvalue weighted by molar-refractivity contribution is 7.12. The predicted octanol–water partition coefficient (Wildman–Crippen LogP) is 4.42. The van der Waals surface area contributed by atoms with E-state index in [0.29, 0.717) is 43.2 Å². The molecule has 178 valence electrons. The van der Waals surface area contributed by atoms with Crippen LogP contribution in [-0.4, -0.2) is 53.4 Å². The first-order chi connectivity index (χ1) is 16.9. The maximum atomic E-state index is 13.7. The zero-order chi connectivity index (χ0) is 24.5. The number of amides is 1. The molecule has 1 fully saturated rings. The molecule has 35 heavy (non-hydrogen) atoms. The molecule has 3 heterocycles. The first-order valence-electron chi connectivity index (χ1n) is 11.6. The monoisotopic (exact) mass is 487 g/mol. The summed E-state index contributed by atoms with van der Waals surface area (Å²) < 4.78 is 2.37. The summed E-state index contributed by atoms with van der Waals surface area (Å²) in [6.45, 7) is 4.53. The molecule has 0 radical (unpaired) electrons. The summed E-state index contributed by atoms with van der Waals surface area (Å²) in [6.07, 6.45) is 0. The molecule has 1 amide bonds. The predicted molar refractivity (Wildman–Crippen MR) is 140 cm³/mol. The molecule has 1 aliphatic heterocycles. The van der Waals surface area contributed by atoms with Crippen LogP contribution in [-0.2, 0) is 6.54 Å². The number of aromatic nitrogens is 1. The summed E-state index contributed by atoms with van der Waals surface area (Å²) in [5, 5.41) is 2.77. The molecule has 1 saturated heterocycles. The van der Waals surface area contributed by atoms with E-state index in [1.165, 1.54) is 18.4 Å². The van der Waals surface area contributed by atoms with Crippen LogP contribution in [0, 0.1) is 11.8 Å². The van der Waals surface area contributed by atoms with Crippen molar-refractivity contribution in [2.45, 2.75) is 13.5 Å². The van der Waals surface area contributed by atoms with Crippen LogP contribution in [0.5, 0.6) is 0 Å². The van der Waals surface area contributed by atoms with Crippen molar-refractivity contribution in [1.29, 1.82) is 0 Å². The number of anilines is 1. The Labute approximate surface area is 207 Å². The SMILES string of the molecule is Cc1ccc2c(c1)c(N1CCN(C(=O)c3cccs3)CC1)c([N+](C)=O)c(=O)n2Cc1ccccc1. The van der Waals surface area contributed by atoms with Crippen molar-refractivity contribution in [3.05, 3.63) is 97.3 Å². The van der Waals surface area contributed by atoms with Gasteiger partial charge in [0.05, 0.1) is 16.9 Å². The van der Waals surface area contributed by atoms with Gasteiger partial charge in [0, 0.05) is 41.2 Å². The molecule has 2 aromatic carbocycles. The maximum absolute atomic E-state index is 13.7. The third kappa shape index (κ3) is 4.37. The van der Waals surface area contributed by atoms with E-state index in [1.807, 2.05) is 77.9 Å². The number of nitrogens with zero attached hydrogens (tertiary/aromatic N) is 4. The largest absolute Gasteiger partial charge is 0.362 e. The Bertz CT molecular complexity index is 1450. The average molecular weight is 488 g/mol. The van der Waals surface area contributed by atoms with E-state index >= 15 is 0 Å². The van der Waals surface area contributed by atoms with Crippen LogP contribution >= 0.6 is 11.3 Å². The van der Waals surface area contributed by atoms with Gasteiger partial charge in [0.25, 0.3) is 5.91 Å². The number of thiophene rings is 1. The van der Waals surface area contributed by atoms with Gasteiger partial charge in [-0.1, -0.05) is 48.0 Å². The van der Waals surface area contributed by atoms with Gasteiger partial charge in [-0.15, -0.1) is 11.3 Å². The fourth-order valence-electron chi connectivity index (χ4n) is 4.76. The minimum absolute atomic E-state index is 0.0276. The second-order valence-corrected chi connectivity index (χ2v) is 9.80. The molecular weight excluding hydrogens is 460 g/mol. The summed E-state index contributed by atoms with van der Waals surface area (Å²) in [7, 11) is 1.38. The van der Waals surface area contributed by atoms with E-state index in [-0.39, 0.29) is 17.2 Å². The van der Waals surface area contributed by atoms with Crippen molar-refractivity contribution >= 4 is 39.5 Å². The molecular formula is C27H27N4O3S+. The quantitative estimate of drug-likeness (QED) is 0.391. The molecule has 7 nitrogen and oxygen atoms in total. The Balaban J connectivity index is 1.58. The fourth-order valence-corrected chi connectivity index (χ4v) is 5.45. The molecule has 8 heteroatoms. The normalized spacial score (nSPS) is 13.9. The van der Waals surface area contributed by atoms with E-state index in [1.54, 1.807) is 4.57 Å². The highest BCUT2D eigenvalue weighted by atomic mass is 32.1. The van der Waals surface area contributed by atoms with Gasteiger partial charge in [-0.25, -0.2) is 0 Å². The van der Waals surface area contributed by atoms with Crippen LogP contribution in [0.2, 0.25) is 0 Å². The number of hydrogen-bond donors (Lipinski definition) is 0. The lowest BCUT2D eigenvalue weighted by Crippen LogP contribution is -2.49. The van der Waals surface area contributed by atoms with Crippen molar-refractivity contribution in [3.63, 3.8) is 0 Å². The molecule has 0 unspecified atom stereocenters. The van der Waals surface area contributed by atoms with Gasteiger partial charge < -0.3 is 9.80 Å². The highest BCUT2D eigenvalue weighted by Crippen LogP contribution is 2.35. The first-order valence-corrected chi connectivity index (χ1v) is 12.5. The van der Waals surface area contributed by atoms with Gasteiger partial charge in [0.15, 0.2) is 7.05 Å². The number of fused-ring (bicyclic) bond motifs is 1. The van der Waals surface area contributed by atoms with E-state index in [4.69, 9.17) is 0 Å². The first kappa shape index (κ1) is 23.0. The van der Waals surface area contributed by atoms with Crippen LogP contribution in [0.4, 0.5) is 11.4 Å². The fraction of sp³-hybridized carbons (Fsp3) is 0.259. The van der Waals surface area contributed by atoms with Crippen molar-refractivity contribution < 1.29 is 9.55 Å². The number of benzene rings is 2. The number of carbonyl (C=O) groups excluding carboxylic acids is 1. The smallest absolute Gasteiger partial charge is 0.344 e. The number of carbonyl (C=O) groups is 1. The number of aryl methyl sites for hydroxylation is 1. The third-order valence-electron chi connectivity index (χ3n) is 6.48. The number of nitroso groups, excluding NO2 is 1. The lowest BCUT2D eigenvalue weighted by molar-refractivity contribution is -0.428. The molecule has 0 N–H and O–H groups in total. The van der Waals surface area contributed by atoms with E-state index < -0.39 is 0 Å². The van der Waals surface area contributed by atoms with Gasteiger partial charge in [0.1, 0.15) is 5.69 Å². The molecule has 0 spiro atoms. The number of piperazine rings is 1. The number of hydrogen-bond acceptors (Lipinski definition) is 5. The Hall–Kier alpha value is -3.78. The minimum Gasteiger partial charge on any atom is -0.362 e. The number of pyridine rings is 1. The summed E-state index contributed by atoms with van der Waals surface area (Å²) in [6, 6.07) is 19.5. The average Bonchev–Trinajstić information content (AvgIpc) is 3.40. The van der Waals surface area contributed by atoms with E-state index in [9.17, 15) is 14.5 Å². The molecule has 4 aromatic rings. The lowest BCUT2D eigenvalue weighted by Gasteiger charge is -2.36. The summed E-state index contributed by atoms with van der Waals surface area (Å²) in [5.41, 5.74) is 3.31. The van der Waals surface area contributed by atoms with Crippen molar-refractivity contribution in [2.24, 2.45) is 0 Å². The topological polar surface area (TPSA) is 65.6 Å². The van der Waals surface area contributed by atoms with Crippen LogP contribution in [0.15, 0.2) is 70.8 Å². The Morgan fingerprint density at radius 2 is 1.74 bits per heavy atom. The minimum atomic E-state index is -0.310. The maximum Gasteiger partial charge on any atom is 0.344 e. The molecule has 0 bridgehead atoms. The standard InChI is InChI=1S/C27H27N4O3S/c1-19-10-11-22-21(17-19)24(29-12-14-30(15-13-29)26(32)23-9-6-16-35-23)25(28(2)34)27(33)31(22)18-20-7-4-3-5-8-20/h3-11,16-17H,12-15,18H2,1-2H3/q+1. The lowest BCUT2D eigenvalue weighted by atomic mass is 10.1. The molecule has 2 aromatic heterocycles. The third-order valence-corrected chi connectivity index (χ3v) is 7.34. The second kappa shape index (κ2) is 9.46. The van der Waals surface area contributed by atoms with Crippen molar-refractivity contribution in [2.75, 3.05) is 38.1 Å². The zero-order valence-electron chi connectivity index (χ0n) is 19.8. The van der Waals surface area contributed by atoms with Gasteiger partial charge >= 0.3 is 11.2 Å². The molecule has 0 saturated carbocycles.